The number of carbonyl (C=O) groups is 1. The molecule has 0 radical (unpaired) electrons. The summed E-state index contributed by atoms with van der Waals surface area (Å²) in [5, 5.41) is 2.95. The van der Waals surface area contributed by atoms with Gasteiger partial charge in [-0.25, -0.2) is 4.98 Å². The van der Waals surface area contributed by atoms with Crippen molar-refractivity contribution >= 4 is 28.5 Å². The van der Waals surface area contributed by atoms with Gasteiger partial charge in [-0.1, -0.05) is 0 Å². The second kappa shape index (κ2) is 4.60. The Morgan fingerprint density at radius 1 is 1.38 bits per heavy atom. The Morgan fingerprint density at radius 2 is 2.19 bits per heavy atom. The van der Waals surface area contributed by atoms with Crippen LogP contribution in [0.2, 0.25) is 0 Å². The fraction of sp³-hybridized carbons (Fsp3) is 0.167. The zero-order valence-electron chi connectivity index (χ0n) is 8.90. The van der Waals surface area contributed by atoms with Crippen molar-refractivity contribution in [2.75, 3.05) is 0 Å². The quantitative estimate of drug-likeness (QED) is 0.572. The minimum Gasteiger partial charge on any atom is -0.294 e. The molecule has 0 fully saturated rings. The van der Waals surface area contributed by atoms with Crippen LogP contribution >= 0.6 is 22.7 Å². The predicted molar refractivity (Wildman–Crippen MR) is 67.2 cm³/mol. The van der Waals surface area contributed by atoms with Crippen LogP contribution in [0.3, 0.4) is 0 Å². The third-order valence-electron chi connectivity index (χ3n) is 1.89. The van der Waals surface area contributed by atoms with Gasteiger partial charge in [-0.05, 0) is 37.8 Å². The summed E-state index contributed by atoms with van der Waals surface area (Å²) >= 11 is 3.00. The molecule has 0 unspecified atom stereocenters. The third kappa shape index (κ3) is 2.57. The van der Waals surface area contributed by atoms with Crippen LogP contribution in [-0.4, -0.2) is 10.8 Å². The van der Waals surface area contributed by atoms with Gasteiger partial charge in [0, 0.05) is 5.38 Å². The second-order valence-electron chi connectivity index (χ2n) is 3.22. The van der Waals surface area contributed by atoms with Crippen molar-refractivity contribution in [3.8, 4) is 11.8 Å². The summed E-state index contributed by atoms with van der Waals surface area (Å²) in [7, 11) is 0. The molecule has 4 heteroatoms. The Kier molecular flexibility index (Phi) is 3.18. The van der Waals surface area contributed by atoms with Crippen molar-refractivity contribution in [2.45, 2.75) is 13.8 Å². The lowest BCUT2D eigenvalue weighted by atomic mass is 10.3. The van der Waals surface area contributed by atoms with Crippen LogP contribution in [0.4, 0.5) is 0 Å². The summed E-state index contributed by atoms with van der Waals surface area (Å²) < 4.78 is 0. The Balaban J connectivity index is 2.21. The Hall–Kier alpha value is -1.44. The Morgan fingerprint density at radius 3 is 2.75 bits per heavy atom. The molecule has 2 aromatic rings. The number of carbonyl (C=O) groups excluding carboxylic acids is 1. The number of ketones is 1. The number of rotatable bonds is 1. The Labute approximate surface area is 102 Å². The SMILES string of the molecule is CC(=O)c1ccc(C#Cc2csc(C)n2)s1. The number of aromatic nitrogens is 1. The summed E-state index contributed by atoms with van der Waals surface area (Å²) in [6.45, 7) is 3.52. The average Bonchev–Trinajstić information content (AvgIpc) is 2.83. The van der Waals surface area contributed by atoms with Gasteiger partial charge in [0.2, 0.25) is 0 Å². The highest BCUT2D eigenvalue weighted by molar-refractivity contribution is 7.14. The van der Waals surface area contributed by atoms with E-state index in [2.05, 4.69) is 16.8 Å². The number of Topliss-reactive ketones (excluding diaryl/α,β-unsaturated/α-hetero) is 1. The van der Waals surface area contributed by atoms with Crippen LogP contribution in [0, 0.1) is 18.8 Å². The summed E-state index contributed by atoms with van der Waals surface area (Å²) in [5.74, 6) is 6.08. The van der Waals surface area contributed by atoms with Crippen LogP contribution in [0.25, 0.3) is 0 Å². The normalized spacial score (nSPS) is 9.62. The first-order valence-corrected chi connectivity index (χ1v) is 6.39. The van der Waals surface area contributed by atoms with Crippen molar-refractivity contribution in [1.82, 2.24) is 4.98 Å². The molecule has 0 bridgehead atoms. The lowest BCUT2D eigenvalue weighted by Crippen LogP contribution is -1.83. The first kappa shape index (κ1) is 11.1. The summed E-state index contributed by atoms with van der Waals surface area (Å²) in [6.07, 6.45) is 0. The van der Waals surface area contributed by atoms with Gasteiger partial charge in [-0.2, -0.15) is 0 Å². The van der Waals surface area contributed by atoms with Gasteiger partial charge in [0.1, 0.15) is 5.69 Å². The molecule has 0 aromatic carbocycles. The number of aryl methyl sites for hydroxylation is 1. The van der Waals surface area contributed by atoms with Crippen LogP contribution in [0.1, 0.15) is 32.2 Å². The van der Waals surface area contributed by atoms with Gasteiger partial charge in [-0.15, -0.1) is 22.7 Å². The minimum absolute atomic E-state index is 0.0857. The molecule has 0 amide bonds. The van der Waals surface area contributed by atoms with Crippen LogP contribution in [-0.2, 0) is 0 Å². The minimum atomic E-state index is 0.0857. The predicted octanol–water partition coefficient (Wildman–Crippen LogP) is 3.12. The molecule has 0 aliphatic carbocycles. The molecule has 2 nitrogen and oxygen atoms in total. The average molecular weight is 247 g/mol. The molecule has 2 rings (SSSR count). The summed E-state index contributed by atoms with van der Waals surface area (Å²) in [5.41, 5.74) is 0.792. The standard InChI is InChI=1S/C12H9NOS2/c1-8(14)12-6-5-11(16-12)4-3-10-7-15-9(2)13-10/h5-7H,1-2H3. The number of nitrogens with zero attached hydrogens (tertiary/aromatic N) is 1. The molecule has 2 aromatic heterocycles. The highest BCUT2D eigenvalue weighted by Crippen LogP contribution is 2.16. The highest BCUT2D eigenvalue weighted by atomic mass is 32.1. The fourth-order valence-electron chi connectivity index (χ4n) is 1.14. The van der Waals surface area contributed by atoms with E-state index in [-0.39, 0.29) is 5.78 Å². The molecule has 0 spiro atoms. The lowest BCUT2D eigenvalue weighted by Gasteiger charge is -1.82. The molecule has 0 atom stereocenters. The van der Waals surface area contributed by atoms with E-state index in [1.807, 2.05) is 24.4 Å². The fourth-order valence-corrected chi connectivity index (χ4v) is 2.44. The van der Waals surface area contributed by atoms with Crippen LogP contribution in [0.5, 0.6) is 0 Å². The number of hydrogen-bond donors (Lipinski definition) is 0. The second-order valence-corrected chi connectivity index (χ2v) is 5.37. The molecular weight excluding hydrogens is 238 g/mol. The number of thiophene rings is 1. The van der Waals surface area contributed by atoms with E-state index >= 15 is 0 Å². The molecule has 2 heterocycles. The van der Waals surface area contributed by atoms with Gasteiger partial charge in [0.05, 0.1) is 14.8 Å². The van der Waals surface area contributed by atoms with Gasteiger partial charge >= 0.3 is 0 Å². The van der Waals surface area contributed by atoms with E-state index < -0.39 is 0 Å². The largest absolute Gasteiger partial charge is 0.294 e. The topological polar surface area (TPSA) is 30.0 Å². The zero-order valence-corrected chi connectivity index (χ0v) is 10.5. The maximum Gasteiger partial charge on any atom is 0.169 e. The zero-order chi connectivity index (χ0) is 11.5. The molecule has 0 aliphatic rings. The van der Waals surface area contributed by atoms with E-state index in [4.69, 9.17) is 0 Å². The van der Waals surface area contributed by atoms with E-state index in [0.717, 1.165) is 20.5 Å². The van der Waals surface area contributed by atoms with Crippen molar-refractivity contribution in [2.24, 2.45) is 0 Å². The molecule has 0 N–H and O–H groups in total. The first-order chi connectivity index (χ1) is 7.65. The molecular formula is C12H9NOS2. The van der Waals surface area contributed by atoms with Gasteiger partial charge in [0.25, 0.3) is 0 Å². The van der Waals surface area contributed by atoms with Gasteiger partial charge < -0.3 is 0 Å². The van der Waals surface area contributed by atoms with Crippen molar-refractivity contribution in [1.29, 1.82) is 0 Å². The van der Waals surface area contributed by atoms with E-state index in [9.17, 15) is 4.79 Å². The molecule has 80 valence electrons. The maximum atomic E-state index is 11.1. The first-order valence-electron chi connectivity index (χ1n) is 4.70. The van der Waals surface area contributed by atoms with Gasteiger partial charge in [0.15, 0.2) is 5.78 Å². The van der Waals surface area contributed by atoms with Crippen LogP contribution < -0.4 is 0 Å². The van der Waals surface area contributed by atoms with Crippen molar-refractivity contribution < 1.29 is 4.79 Å². The number of thiazole rings is 1. The smallest absolute Gasteiger partial charge is 0.169 e. The molecule has 16 heavy (non-hydrogen) atoms. The van der Waals surface area contributed by atoms with E-state index in [0.29, 0.717) is 0 Å². The van der Waals surface area contributed by atoms with Crippen molar-refractivity contribution in [3.63, 3.8) is 0 Å². The highest BCUT2D eigenvalue weighted by Gasteiger charge is 2.01. The molecule has 0 aliphatic heterocycles. The lowest BCUT2D eigenvalue weighted by molar-refractivity contribution is 0.102. The van der Waals surface area contributed by atoms with E-state index in [1.165, 1.54) is 11.3 Å². The van der Waals surface area contributed by atoms with Gasteiger partial charge in [-0.3, -0.25) is 4.79 Å². The summed E-state index contributed by atoms with van der Waals surface area (Å²) in [4.78, 5) is 17.0. The van der Waals surface area contributed by atoms with Crippen molar-refractivity contribution in [3.05, 3.63) is 38.0 Å². The Bertz CT molecular complexity index is 583. The molecule has 0 saturated heterocycles. The molecule has 0 saturated carbocycles. The number of hydrogen-bond acceptors (Lipinski definition) is 4. The monoisotopic (exact) mass is 247 g/mol. The summed E-state index contributed by atoms with van der Waals surface area (Å²) in [6, 6.07) is 3.68. The van der Waals surface area contributed by atoms with Crippen LogP contribution in [0.15, 0.2) is 17.5 Å². The maximum absolute atomic E-state index is 11.1. The van der Waals surface area contributed by atoms with E-state index in [1.54, 1.807) is 18.3 Å². The third-order valence-corrected chi connectivity index (χ3v) is 3.76.